The Hall–Kier alpha value is -3.67. The normalized spacial score (nSPS) is 12.5. The predicted molar refractivity (Wildman–Crippen MR) is 106 cm³/mol. The van der Waals surface area contributed by atoms with Gasteiger partial charge in [-0.3, -0.25) is 4.98 Å². The van der Waals surface area contributed by atoms with E-state index in [0.717, 1.165) is 28.2 Å². The first-order valence-electron chi connectivity index (χ1n) is 9.15. The van der Waals surface area contributed by atoms with Crippen LogP contribution in [0.2, 0.25) is 0 Å². The van der Waals surface area contributed by atoms with Crippen molar-refractivity contribution in [2.75, 3.05) is 0 Å². The number of aromatic nitrogens is 3. The third-order valence-electron chi connectivity index (χ3n) is 5.09. The number of benzene rings is 2. The standard InChI is InChI=1S/C23H15F2N3O/c1-13(14-4-5-21-15(7-14)3-2-6-26-21)22-20-10-17(12-27-23(20)29-28-22)16-8-18(24)11-19(25)9-16/h2-13H,1H3/t13-/m1/s1. The highest BCUT2D eigenvalue weighted by molar-refractivity contribution is 5.83. The molecule has 3 heterocycles. The van der Waals surface area contributed by atoms with Crippen molar-refractivity contribution in [3.63, 3.8) is 0 Å². The summed E-state index contributed by atoms with van der Waals surface area (Å²) < 4.78 is 32.7. The Balaban J connectivity index is 1.60. The van der Waals surface area contributed by atoms with E-state index in [1.807, 2.05) is 37.3 Å². The first kappa shape index (κ1) is 17.4. The smallest absolute Gasteiger partial charge is 0.257 e. The third kappa shape index (κ3) is 3.12. The zero-order valence-electron chi connectivity index (χ0n) is 15.4. The van der Waals surface area contributed by atoms with Gasteiger partial charge in [0, 0.05) is 35.3 Å². The summed E-state index contributed by atoms with van der Waals surface area (Å²) in [6.45, 7) is 2.03. The molecule has 0 unspecified atom stereocenters. The maximum absolute atomic E-state index is 13.6. The summed E-state index contributed by atoms with van der Waals surface area (Å²) in [5.41, 5.74) is 4.08. The number of pyridine rings is 2. The number of hydrogen-bond donors (Lipinski definition) is 0. The second-order valence-corrected chi connectivity index (χ2v) is 6.98. The minimum Gasteiger partial charge on any atom is -0.336 e. The third-order valence-corrected chi connectivity index (χ3v) is 5.09. The molecule has 5 rings (SSSR count). The Morgan fingerprint density at radius 1 is 0.897 bits per heavy atom. The monoisotopic (exact) mass is 387 g/mol. The molecule has 3 aromatic heterocycles. The molecule has 0 N–H and O–H groups in total. The van der Waals surface area contributed by atoms with Crippen molar-refractivity contribution < 1.29 is 13.3 Å². The summed E-state index contributed by atoms with van der Waals surface area (Å²) in [5.74, 6) is -1.34. The Kier molecular flexibility index (Phi) is 4.05. The van der Waals surface area contributed by atoms with Crippen molar-refractivity contribution in [2.45, 2.75) is 12.8 Å². The van der Waals surface area contributed by atoms with Crippen molar-refractivity contribution >= 4 is 22.0 Å². The molecule has 0 saturated carbocycles. The summed E-state index contributed by atoms with van der Waals surface area (Å²) in [6, 6.07) is 15.2. The molecular weight excluding hydrogens is 372 g/mol. The average Bonchev–Trinajstić information content (AvgIpc) is 3.15. The van der Waals surface area contributed by atoms with Crippen LogP contribution in [-0.4, -0.2) is 15.1 Å². The predicted octanol–water partition coefficient (Wildman–Crippen LogP) is 5.87. The molecule has 0 aliphatic heterocycles. The fourth-order valence-corrected chi connectivity index (χ4v) is 3.56. The molecule has 0 fully saturated rings. The van der Waals surface area contributed by atoms with Crippen LogP contribution in [0.15, 0.2) is 71.5 Å². The Bertz CT molecular complexity index is 1340. The molecule has 1 atom stereocenters. The molecule has 0 aliphatic rings. The fraction of sp³-hybridized carbons (Fsp3) is 0.0870. The van der Waals surface area contributed by atoms with Crippen LogP contribution in [-0.2, 0) is 0 Å². The van der Waals surface area contributed by atoms with Crippen molar-refractivity contribution in [3.8, 4) is 11.1 Å². The van der Waals surface area contributed by atoms with Crippen molar-refractivity contribution in [1.29, 1.82) is 0 Å². The number of fused-ring (bicyclic) bond motifs is 2. The van der Waals surface area contributed by atoms with Crippen LogP contribution in [0.25, 0.3) is 33.1 Å². The maximum Gasteiger partial charge on any atom is 0.257 e. The van der Waals surface area contributed by atoms with E-state index < -0.39 is 11.6 Å². The van der Waals surface area contributed by atoms with Crippen molar-refractivity contribution in [1.82, 2.24) is 15.1 Å². The van der Waals surface area contributed by atoms with Crippen LogP contribution < -0.4 is 0 Å². The van der Waals surface area contributed by atoms with Crippen LogP contribution in [0, 0.1) is 11.6 Å². The lowest BCUT2D eigenvalue weighted by molar-refractivity contribution is 0.436. The molecule has 0 radical (unpaired) electrons. The summed E-state index contributed by atoms with van der Waals surface area (Å²) >= 11 is 0. The van der Waals surface area contributed by atoms with Crippen LogP contribution in [0.3, 0.4) is 0 Å². The van der Waals surface area contributed by atoms with E-state index in [4.69, 9.17) is 4.52 Å². The van der Waals surface area contributed by atoms with Gasteiger partial charge in [0.15, 0.2) is 0 Å². The molecule has 0 spiro atoms. The summed E-state index contributed by atoms with van der Waals surface area (Å²) in [7, 11) is 0. The summed E-state index contributed by atoms with van der Waals surface area (Å²) in [5, 5.41) is 5.97. The largest absolute Gasteiger partial charge is 0.336 e. The number of nitrogens with zero attached hydrogens (tertiary/aromatic N) is 3. The van der Waals surface area contributed by atoms with E-state index in [-0.39, 0.29) is 5.92 Å². The Labute approximate surface area is 164 Å². The van der Waals surface area contributed by atoms with E-state index in [0.29, 0.717) is 22.2 Å². The van der Waals surface area contributed by atoms with Gasteiger partial charge in [-0.1, -0.05) is 24.2 Å². The summed E-state index contributed by atoms with van der Waals surface area (Å²) in [4.78, 5) is 8.63. The lowest BCUT2D eigenvalue weighted by atomic mass is 9.94. The molecule has 142 valence electrons. The van der Waals surface area contributed by atoms with Gasteiger partial charge in [-0.25, -0.2) is 13.8 Å². The van der Waals surface area contributed by atoms with Crippen LogP contribution >= 0.6 is 0 Å². The molecule has 6 heteroatoms. The van der Waals surface area contributed by atoms with Gasteiger partial charge in [0.2, 0.25) is 0 Å². The zero-order valence-corrected chi connectivity index (χ0v) is 15.4. The number of hydrogen-bond acceptors (Lipinski definition) is 4. The van der Waals surface area contributed by atoms with Gasteiger partial charge >= 0.3 is 0 Å². The highest BCUT2D eigenvalue weighted by Crippen LogP contribution is 2.33. The molecule has 29 heavy (non-hydrogen) atoms. The Morgan fingerprint density at radius 3 is 2.55 bits per heavy atom. The van der Waals surface area contributed by atoms with E-state index >= 15 is 0 Å². The highest BCUT2D eigenvalue weighted by atomic mass is 19.1. The molecule has 5 aromatic rings. The topological polar surface area (TPSA) is 51.8 Å². The molecule has 2 aromatic carbocycles. The molecule has 0 amide bonds. The molecular formula is C23H15F2N3O. The lowest BCUT2D eigenvalue weighted by Gasteiger charge is -2.10. The molecule has 0 saturated heterocycles. The van der Waals surface area contributed by atoms with Crippen molar-refractivity contribution in [2.24, 2.45) is 0 Å². The lowest BCUT2D eigenvalue weighted by Crippen LogP contribution is -1.97. The minimum absolute atomic E-state index is 0.0675. The van der Waals surface area contributed by atoms with Gasteiger partial charge in [-0.15, -0.1) is 0 Å². The van der Waals surface area contributed by atoms with Gasteiger partial charge < -0.3 is 4.52 Å². The van der Waals surface area contributed by atoms with E-state index in [2.05, 4.69) is 21.2 Å². The fourth-order valence-electron chi connectivity index (χ4n) is 3.56. The minimum atomic E-state index is -0.635. The van der Waals surface area contributed by atoms with E-state index in [9.17, 15) is 8.78 Å². The van der Waals surface area contributed by atoms with E-state index in [1.54, 1.807) is 6.20 Å². The van der Waals surface area contributed by atoms with E-state index in [1.165, 1.54) is 18.3 Å². The molecule has 0 bridgehead atoms. The van der Waals surface area contributed by atoms with Gasteiger partial charge in [-0.05, 0) is 47.5 Å². The maximum atomic E-state index is 13.6. The van der Waals surface area contributed by atoms with Gasteiger partial charge in [-0.2, -0.15) is 0 Å². The van der Waals surface area contributed by atoms with Crippen LogP contribution in [0.4, 0.5) is 8.78 Å². The Morgan fingerprint density at radius 2 is 1.72 bits per heavy atom. The van der Waals surface area contributed by atoms with Gasteiger partial charge in [0.25, 0.3) is 5.71 Å². The first-order chi connectivity index (χ1) is 14.1. The van der Waals surface area contributed by atoms with Gasteiger partial charge in [0.1, 0.15) is 17.3 Å². The second kappa shape index (κ2) is 6.74. The van der Waals surface area contributed by atoms with Crippen LogP contribution in [0.5, 0.6) is 0 Å². The zero-order chi connectivity index (χ0) is 20.0. The van der Waals surface area contributed by atoms with Gasteiger partial charge in [0.05, 0.1) is 10.9 Å². The number of halogens is 2. The highest BCUT2D eigenvalue weighted by Gasteiger charge is 2.19. The quantitative estimate of drug-likeness (QED) is 0.389. The van der Waals surface area contributed by atoms with Crippen LogP contribution in [0.1, 0.15) is 24.1 Å². The average molecular weight is 387 g/mol. The molecule has 4 nitrogen and oxygen atoms in total. The molecule has 0 aliphatic carbocycles. The first-order valence-corrected chi connectivity index (χ1v) is 9.15. The second-order valence-electron chi connectivity index (χ2n) is 6.98. The van der Waals surface area contributed by atoms with Crippen molar-refractivity contribution in [3.05, 3.63) is 89.9 Å². The SMILES string of the molecule is C[C@H](c1ccc2ncccc2c1)c1noc2ncc(-c3cc(F)cc(F)c3)cc12. The summed E-state index contributed by atoms with van der Waals surface area (Å²) in [6.07, 6.45) is 3.29. The number of rotatable bonds is 3.